The first kappa shape index (κ1) is 11.9. The van der Waals surface area contributed by atoms with E-state index in [0.717, 1.165) is 19.4 Å². The van der Waals surface area contributed by atoms with Crippen LogP contribution in [0.25, 0.3) is 0 Å². The molecule has 2 rings (SSSR count). The fourth-order valence-electron chi connectivity index (χ4n) is 1.90. The van der Waals surface area contributed by atoms with Crippen molar-refractivity contribution < 1.29 is 0 Å². The van der Waals surface area contributed by atoms with E-state index in [-0.39, 0.29) is 0 Å². The Hall–Kier alpha value is -1.57. The van der Waals surface area contributed by atoms with Crippen LogP contribution < -0.4 is 0 Å². The van der Waals surface area contributed by atoms with Gasteiger partial charge in [0.2, 0.25) is 0 Å². The monoisotopic (exact) mass is 228 g/mol. The molecule has 0 fully saturated rings. The van der Waals surface area contributed by atoms with Gasteiger partial charge in [-0.2, -0.15) is 5.10 Å². The van der Waals surface area contributed by atoms with Crippen LogP contribution >= 0.6 is 0 Å². The van der Waals surface area contributed by atoms with Gasteiger partial charge in [-0.25, -0.2) is 0 Å². The third-order valence-corrected chi connectivity index (χ3v) is 2.95. The molecule has 0 N–H and O–H groups in total. The van der Waals surface area contributed by atoms with E-state index in [1.807, 2.05) is 0 Å². The molecule has 0 bridgehead atoms. The molecule has 0 aliphatic rings. The Kier molecular flexibility index (Phi) is 3.97. The van der Waals surface area contributed by atoms with Gasteiger partial charge in [-0.15, -0.1) is 0 Å². The molecule has 90 valence electrons. The van der Waals surface area contributed by atoms with Crippen LogP contribution in [0.4, 0.5) is 0 Å². The van der Waals surface area contributed by atoms with Crippen molar-refractivity contribution in [1.82, 2.24) is 9.78 Å². The number of hydrogen-bond donors (Lipinski definition) is 0. The minimum atomic E-state index is 0.519. The maximum Gasteiger partial charge on any atom is 0.0649 e. The normalized spacial score (nSPS) is 11.0. The summed E-state index contributed by atoms with van der Waals surface area (Å²) in [6.45, 7) is 5.36. The molecule has 1 aromatic carbocycles. The zero-order valence-corrected chi connectivity index (χ0v) is 10.6. The Morgan fingerprint density at radius 2 is 1.88 bits per heavy atom. The number of rotatable bonds is 5. The van der Waals surface area contributed by atoms with Crippen molar-refractivity contribution in [2.24, 2.45) is 0 Å². The molecule has 0 spiro atoms. The quantitative estimate of drug-likeness (QED) is 0.764. The summed E-state index contributed by atoms with van der Waals surface area (Å²) in [4.78, 5) is 0. The van der Waals surface area contributed by atoms with Gasteiger partial charge in [-0.1, -0.05) is 44.2 Å². The molecular formula is C15H20N2. The van der Waals surface area contributed by atoms with Gasteiger partial charge in [0, 0.05) is 12.7 Å². The highest BCUT2D eigenvalue weighted by molar-refractivity contribution is 5.14. The maximum atomic E-state index is 4.56. The predicted molar refractivity (Wildman–Crippen MR) is 71.1 cm³/mol. The van der Waals surface area contributed by atoms with E-state index in [1.54, 1.807) is 0 Å². The largest absolute Gasteiger partial charge is 0.272 e. The van der Waals surface area contributed by atoms with E-state index < -0.39 is 0 Å². The maximum absolute atomic E-state index is 4.56. The summed E-state index contributed by atoms with van der Waals surface area (Å²) in [6, 6.07) is 12.7. The lowest BCUT2D eigenvalue weighted by molar-refractivity contribution is 0.567. The predicted octanol–water partition coefficient (Wildman–Crippen LogP) is 3.64. The van der Waals surface area contributed by atoms with E-state index in [2.05, 4.69) is 66.2 Å². The standard InChI is InChI=1S/C15H20N2/c1-13(2)15-10-12-17(16-15)11-6-9-14-7-4-3-5-8-14/h3-5,7-8,10,12-13H,6,9,11H2,1-2H3. The number of benzene rings is 1. The summed E-state index contributed by atoms with van der Waals surface area (Å²) in [5.41, 5.74) is 2.59. The number of aryl methyl sites for hydroxylation is 2. The van der Waals surface area contributed by atoms with E-state index in [9.17, 15) is 0 Å². The molecule has 0 radical (unpaired) electrons. The number of aromatic nitrogens is 2. The van der Waals surface area contributed by atoms with Crippen molar-refractivity contribution in [2.75, 3.05) is 0 Å². The van der Waals surface area contributed by atoms with Crippen LogP contribution in [0.15, 0.2) is 42.6 Å². The lowest BCUT2D eigenvalue weighted by Gasteiger charge is -2.03. The third kappa shape index (κ3) is 3.45. The molecule has 0 aliphatic carbocycles. The van der Waals surface area contributed by atoms with Crippen LogP contribution in [0.3, 0.4) is 0 Å². The fourth-order valence-corrected chi connectivity index (χ4v) is 1.90. The van der Waals surface area contributed by atoms with Gasteiger partial charge in [0.15, 0.2) is 0 Å². The highest BCUT2D eigenvalue weighted by Crippen LogP contribution is 2.11. The summed E-state index contributed by atoms with van der Waals surface area (Å²) in [5.74, 6) is 0.519. The van der Waals surface area contributed by atoms with Crippen LogP contribution in [0.2, 0.25) is 0 Å². The molecule has 0 unspecified atom stereocenters. The molecule has 0 aliphatic heterocycles. The van der Waals surface area contributed by atoms with E-state index in [1.165, 1.54) is 11.3 Å². The Labute approximate surface area is 103 Å². The zero-order valence-electron chi connectivity index (χ0n) is 10.6. The first-order chi connectivity index (χ1) is 8.25. The minimum Gasteiger partial charge on any atom is -0.272 e. The molecule has 0 saturated heterocycles. The molecule has 17 heavy (non-hydrogen) atoms. The van der Waals surface area contributed by atoms with Crippen molar-refractivity contribution >= 4 is 0 Å². The Morgan fingerprint density at radius 3 is 2.53 bits per heavy atom. The zero-order chi connectivity index (χ0) is 12.1. The fraction of sp³-hybridized carbons (Fsp3) is 0.400. The first-order valence-electron chi connectivity index (χ1n) is 6.33. The van der Waals surface area contributed by atoms with Gasteiger partial charge < -0.3 is 0 Å². The summed E-state index contributed by atoms with van der Waals surface area (Å²) in [7, 11) is 0. The second-order valence-electron chi connectivity index (χ2n) is 4.75. The van der Waals surface area contributed by atoms with E-state index in [0.29, 0.717) is 5.92 Å². The molecule has 2 nitrogen and oxygen atoms in total. The van der Waals surface area contributed by atoms with Crippen LogP contribution in [-0.2, 0) is 13.0 Å². The highest BCUT2D eigenvalue weighted by atomic mass is 15.3. The van der Waals surface area contributed by atoms with Gasteiger partial charge in [0.05, 0.1) is 5.69 Å². The Balaban J connectivity index is 1.82. The highest BCUT2D eigenvalue weighted by Gasteiger charge is 2.02. The van der Waals surface area contributed by atoms with Gasteiger partial charge in [0.25, 0.3) is 0 Å². The van der Waals surface area contributed by atoms with Crippen molar-refractivity contribution in [1.29, 1.82) is 0 Å². The lowest BCUT2D eigenvalue weighted by Crippen LogP contribution is -2.01. The SMILES string of the molecule is CC(C)c1ccn(CCCc2ccccc2)n1. The molecule has 2 heteroatoms. The van der Waals surface area contributed by atoms with Crippen molar-refractivity contribution in [2.45, 2.75) is 39.2 Å². The summed E-state index contributed by atoms with van der Waals surface area (Å²) >= 11 is 0. The molecule has 0 saturated carbocycles. The second kappa shape index (κ2) is 5.67. The second-order valence-corrected chi connectivity index (χ2v) is 4.75. The average Bonchev–Trinajstić information content (AvgIpc) is 2.79. The van der Waals surface area contributed by atoms with Gasteiger partial charge in [0.1, 0.15) is 0 Å². The molecule has 2 aromatic rings. The number of hydrogen-bond acceptors (Lipinski definition) is 1. The topological polar surface area (TPSA) is 17.8 Å². The van der Waals surface area contributed by atoms with Crippen LogP contribution in [0.1, 0.15) is 37.4 Å². The summed E-state index contributed by atoms with van der Waals surface area (Å²) in [5, 5.41) is 4.56. The minimum absolute atomic E-state index is 0.519. The van der Waals surface area contributed by atoms with Crippen molar-refractivity contribution in [3.8, 4) is 0 Å². The van der Waals surface area contributed by atoms with Crippen molar-refractivity contribution in [3.05, 3.63) is 53.9 Å². The Morgan fingerprint density at radius 1 is 1.12 bits per heavy atom. The van der Waals surface area contributed by atoms with Crippen molar-refractivity contribution in [3.63, 3.8) is 0 Å². The Bertz CT molecular complexity index is 443. The van der Waals surface area contributed by atoms with Gasteiger partial charge >= 0.3 is 0 Å². The van der Waals surface area contributed by atoms with E-state index in [4.69, 9.17) is 0 Å². The molecule has 0 atom stereocenters. The smallest absolute Gasteiger partial charge is 0.0649 e. The summed E-state index contributed by atoms with van der Waals surface area (Å²) in [6.07, 6.45) is 4.35. The average molecular weight is 228 g/mol. The first-order valence-corrected chi connectivity index (χ1v) is 6.33. The van der Waals surface area contributed by atoms with Gasteiger partial charge in [-0.3, -0.25) is 4.68 Å². The van der Waals surface area contributed by atoms with E-state index >= 15 is 0 Å². The number of nitrogens with zero attached hydrogens (tertiary/aromatic N) is 2. The van der Waals surface area contributed by atoms with Gasteiger partial charge in [-0.05, 0) is 30.4 Å². The summed E-state index contributed by atoms with van der Waals surface area (Å²) < 4.78 is 2.05. The lowest BCUT2D eigenvalue weighted by atomic mass is 10.1. The molecule has 1 aromatic heterocycles. The third-order valence-electron chi connectivity index (χ3n) is 2.95. The van der Waals surface area contributed by atoms with Crippen LogP contribution in [0.5, 0.6) is 0 Å². The molecular weight excluding hydrogens is 208 g/mol. The van der Waals surface area contributed by atoms with Crippen LogP contribution in [-0.4, -0.2) is 9.78 Å². The molecule has 0 amide bonds. The molecule has 1 heterocycles. The van der Waals surface area contributed by atoms with Crippen LogP contribution in [0, 0.1) is 0 Å².